The number of rotatable bonds is 7. The van der Waals surface area contributed by atoms with Gasteiger partial charge in [-0.05, 0) is 62.7 Å². The van der Waals surface area contributed by atoms with Gasteiger partial charge in [0.1, 0.15) is 10.8 Å². The highest BCUT2D eigenvalue weighted by atomic mass is 32.1. The van der Waals surface area contributed by atoms with E-state index in [2.05, 4.69) is 10.4 Å². The van der Waals surface area contributed by atoms with Crippen LogP contribution in [-0.4, -0.2) is 34.9 Å². The molecule has 0 spiro atoms. The van der Waals surface area contributed by atoms with E-state index in [4.69, 9.17) is 9.47 Å². The maximum absolute atomic E-state index is 13.5. The normalized spacial score (nSPS) is 10.8. The van der Waals surface area contributed by atoms with Crippen molar-refractivity contribution in [1.82, 2.24) is 9.78 Å². The highest BCUT2D eigenvalue weighted by molar-refractivity contribution is 7.16. The van der Waals surface area contributed by atoms with Crippen molar-refractivity contribution in [2.45, 2.75) is 20.8 Å². The molecule has 0 radical (unpaired) electrons. The lowest BCUT2D eigenvalue weighted by atomic mass is 10.2. The Labute approximate surface area is 199 Å². The van der Waals surface area contributed by atoms with Crippen LogP contribution in [0.3, 0.4) is 0 Å². The lowest BCUT2D eigenvalue weighted by molar-refractivity contribution is 0.0520. The number of anilines is 1. The number of fused-ring (bicyclic) bond motifs is 1. The summed E-state index contributed by atoms with van der Waals surface area (Å²) < 4.78 is 11.8. The number of benzene rings is 2. The van der Waals surface area contributed by atoms with Crippen LogP contribution in [0.15, 0.2) is 58.7 Å². The van der Waals surface area contributed by atoms with E-state index >= 15 is 0 Å². The lowest BCUT2D eigenvalue weighted by Crippen LogP contribution is -2.25. The summed E-state index contributed by atoms with van der Waals surface area (Å²) in [5, 5.41) is 9.61. The standard InChI is InChI=1S/C25H23N3O5S/c1-4-32-18-11-9-16(10-12-18)22(29)26-23-20-19(14-34-23)21(25(31)33-5-2)27-28(24(20)30)17-8-6-7-15(3)13-17/h6-14H,4-5H2,1-3H3,(H,26,29). The van der Waals surface area contributed by atoms with Crippen molar-refractivity contribution in [3.8, 4) is 11.4 Å². The van der Waals surface area contributed by atoms with Gasteiger partial charge < -0.3 is 14.8 Å². The zero-order chi connectivity index (χ0) is 24.2. The average molecular weight is 478 g/mol. The highest BCUT2D eigenvalue weighted by Crippen LogP contribution is 2.31. The summed E-state index contributed by atoms with van der Waals surface area (Å²) >= 11 is 1.15. The number of thiophene rings is 1. The van der Waals surface area contributed by atoms with Gasteiger partial charge >= 0.3 is 5.97 Å². The number of hydrogen-bond donors (Lipinski definition) is 1. The smallest absolute Gasteiger partial charge is 0.359 e. The number of nitrogens with zero attached hydrogens (tertiary/aromatic N) is 2. The van der Waals surface area contributed by atoms with Crippen LogP contribution in [0.2, 0.25) is 0 Å². The van der Waals surface area contributed by atoms with Crippen LogP contribution in [0.4, 0.5) is 5.00 Å². The predicted octanol–water partition coefficient (Wildman–Crippen LogP) is 4.58. The third-order valence-electron chi connectivity index (χ3n) is 5.02. The van der Waals surface area contributed by atoms with Crippen LogP contribution in [0.25, 0.3) is 16.5 Å². The van der Waals surface area contributed by atoms with E-state index in [0.717, 1.165) is 16.9 Å². The first kappa shape index (κ1) is 23.2. The summed E-state index contributed by atoms with van der Waals surface area (Å²) in [5.41, 5.74) is 1.40. The summed E-state index contributed by atoms with van der Waals surface area (Å²) in [6, 6.07) is 13.9. The Morgan fingerprint density at radius 1 is 1.09 bits per heavy atom. The third-order valence-corrected chi connectivity index (χ3v) is 5.92. The molecule has 4 rings (SSSR count). The van der Waals surface area contributed by atoms with Gasteiger partial charge in [0.25, 0.3) is 11.5 Å². The van der Waals surface area contributed by atoms with Gasteiger partial charge in [-0.15, -0.1) is 11.3 Å². The molecule has 0 aliphatic heterocycles. The Morgan fingerprint density at radius 3 is 2.53 bits per heavy atom. The van der Waals surface area contributed by atoms with E-state index in [0.29, 0.717) is 34.0 Å². The van der Waals surface area contributed by atoms with Gasteiger partial charge in [0.05, 0.1) is 24.3 Å². The third kappa shape index (κ3) is 4.55. The van der Waals surface area contributed by atoms with Crippen molar-refractivity contribution in [3.63, 3.8) is 0 Å². The van der Waals surface area contributed by atoms with E-state index in [1.165, 1.54) is 4.68 Å². The molecule has 0 fully saturated rings. The molecule has 0 aliphatic carbocycles. The minimum atomic E-state index is -0.643. The number of nitrogens with one attached hydrogen (secondary N) is 1. The largest absolute Gasteiger partial charge is 0.494 e. The first-order valence-corrected chi connectivity index (χ1v) is 11.6. The number of carbonyl (C=O) groups is 2. The molecule has 0 bridgehead atoms. The fourth-order valence-corrected chi connectivity index (χ4v) is 4.40. The Bertz CT molecular complexity index is 1420. The minimum Gasteiger partial charge on any atom is -0.494 e. The Morgan fingerprint density at radius 2 is 1.85 bits per heavy atom. The number of amides is 1. The first-order valence-electron chi connectivity index (χ1n) is 10.8. The van der Waals surface area contributed by atoms with E-state index in [-0.39, 0.29) is 23.6 Å². The Balaban J connectivity index is 1.81. The van der Waals surface area contributed by atoms with Gasteiger partial charge in [0.2, 0.25) is 0 Å². The Hall–Kier alpha value is -3.98. The molecule has 0 saturated heterocycles. The van der Waals surface area contributed by atoms with Crippen molar-refractivity contribution >= 4 is 39.0 Å². The molecule has 9 heteroatoms. The molecule has 1 amide bonds. The van der Waals surface area contributed by atoms with Crippen LogP contribution in [0.5, 0.6) is 5.75 Å². The van der Waals surface area contributed by atoms with Crippen LogP contribution in [0.1, 0.15) is 40.3 Å². The zero-order valence-electron chi connectivity index (χ0n) is 19.0. The average Bonchev–Trinajstić information content (AvgIpc) is 3.24. The molecule has 0 atom stereocenters. The molecule has 2 aromatic carbocycles. The molecule has 174 valence electrons. The minimum absolute atomic E-state index is 0.00997. The zero-order valence-corrected chi connectivity index (χ0v) is 19.8. The lowest BCUT2D eigenvalue weighted by Gasteiger charge is -2.10. The molecule has 4 aromatic rings. The van der Waals surface area contributed by atoms with Gasteiger partial charge in [-0.1, -0.05) is 12.1 Å². The molecule has 34 heavy (non-hydrogen) atoms. The van der Waals surface area contributed by atoms with Gasteiger partial charge in [-0.3, -0.25) is 9.59 Å². The molecule has 1 N–H and O–H groups in total. The van der Waals surface area contributed by atoms with Crippen molar-refractivity contribution < 1.29 is 19.1 Å². The van der Waals surface area contributed by atoms with Crippen molar-refractivity contribution in [2.24, 2.45) is 0 Å². The molecule has 0 unspecified atom stereocenters. The van der Waals surface area contributed by atoms with E-state index < -0.39 is 11.5 Å². The summed E-state index contributed by atoms with van der Waals surface area (Å²) in [4.78, 5) is 39.0. The van der Waals surface area contributed by atoms with Crippen LogP contribution in [-0.2, 0) is 4.74 Å². The maximum atomic E-state index is 13.5. The van der Waals surface area contributed by atoms with Gasteiger partial charge in [0, 0.05) is 16.3 Å². The van der Waals surface area contributed by atoms with Gasteiger partial charge in [-0.2, -0.15) is 9.78 Å². The highest BCUT2D eigenvalue weighted by Gasteiger charge is 2.23. The number of ether oxygens (including phenoxy) is 2. The number of carbonyl (C=O) groups excluding carboxylic acids is 2. The summed E-state index contributed by atoms with van der Waals surface area (Å²) in [6.45, 7) is 6.16. The summed E-state index contributed by atoms with van der Waals surface area (Å²) in [6.07, 6.45) is 0. The number of aromatic nitrogens is 2. The fraction of sp³-hybridized carbons (Fsp3) is 0.200. The number of esters is 1. The maximum Gasteiger partial charge on any atom is 0.359 e. The van der Waals surface area contributed by atoms with E-state index in [1.807, 2.05) is 19.9 Å². The van der Waals surface area contributed by atoms with Gasteiger partial charge in [0.15, 0.2) is 5.69 Å². The number of hydrogen-bond acceptors (Lipinski definition) is 7. The molecular weight excluding hydrogens is 454 g/mol. The molecule has 0 aliphatic rings. The monoisotopic (exact) mass is 477 g/mol. The second kappa shape index (κ2) is 9.88. The fourth-order valence-electron chi connectivity index (χ4n) is 3.47. The van der Waals surface area contributed by atoms with Crippen molar-refractivity contribution in [1.29, 1.82) is 0 Å². The van der Waals surface area contributed by atoms with Crippen LogP contribution in [0, 0.1) is 6.92 Å². The molecule has 2 aromatic heterocycles. The molecular formula is C25H23N3O5S. The van der Waals surface area contributed by atoms with Gasteiger partial charge in [-0.25, -0.2) is 4.79 Å². The number of aryl methyl sites for hydroxylation is 1. The second-order valence-electron chi connectivity index (χ2n) is 7.39. The summed E-state index contributed by atoms with van der Waals surface area (Å²) in [7, 11) is 0. The molecule has 0 saturated carbocycles. The molecule has 2 heterocycles. The van der Waals surface area contributed by atoms with Crippen LogP contribution >= 0.6 is 11.3 Å². The first-order chi connectivity index (χ1) is 16.4. The molecule has 8 nitrogen and oxygen atoms in total. The quantitative estimate of drug-likeness (QED) is 0.391. The van der Waals surface area contributed by atoms with Crippen LogP contribution < -0.4 is 15.6 Å². The predicted molar refractivity (Wildman–Crippen MR) is 131 cm³/mol. The van der Waals surface area contributed by atoms with Crippen molar-refractivity contribution in [2.75, 3.05) is 18.5 Å². The SMILES string of the molecule is CCOC(=O)c1nn(-c2cccc(C)c2)c(=O)c2c(NC(=O)c3ccc(OCC)cc3)scc12. The van der Waals surface area contributed by atoms with E-state index in [9.17, 15) is 14.4 Å². The Kier molecular flexibility index (Phi) is 6.74. The van der Waals surface area contributed by atoms with E-state index in [1.54, 1.807) is 54.8 Å². The second-order valence-corrected chi connectivity index (χ2v) is 8.27. The summed E-state index contributed by atoms with van der Waals surface area (Å²) in [5.74, 6) is -0.370. The van der Waals surface area contributed by atoms with Crippen molar-refractivity contribution in [3.05, 3.63) is 81.1 Å². The topological polar surface area (TPSA) is 99.5 Å².